The molecule has 2 saturated carbocycles. The molecule has 0 aromatic heterocycles. The standard InChI is InChI=1S/C16H22NOP/c18-16(12-5-4-8-15(19)11-12)17(14-9-10-14)13-6-2-1-3-7-13/h4-5,8,11,13-14H,1-3,6-7,9-10,19H2. The van der Waals surface area contributed by atoms with Gasteiger partial charge in [0.1, 0.15) is 0 Å². The molecular weight excluding hydrogens is 253 g/mol. The molecule has 1 aromatic rings. The smallest absolute Gasteiger partial charge is 0.254 e. The van der Waals surface area contributed by atoms with Crippen LogP contribution < -0.4 is 5.30 Å². The fourth-order valence-corrected chi connectivity index (χ4v) is 3.45. The first kappa shape index (κ1) is 13.1. The van der Waals surface area contributed by atoms with Crippen LogP contribution >= 0.6 is 9.24 Å². The molecule has 0 spiro atoms. The number of carbonyl (C=O) groups excluding carboxylic acids is 1. The highest BCUT2D eigenvalue weighted by atomic mass is 31.0. The van der Waals surface area contributed by atoms with Crippen molar-refractivity contribution in [3.63, 3.8) is 0 Å². The van der Waals surface area contributed by atoms with Crippen molar-refractivity contribution in [1.82, 2.24) is 4.90 Å². The Kier molecular flexibility index (Phi) is 3.88. The van der Waals surface area contributed by atoms with E-state index < -0.39 is 0 Å². The molecule has 1 aromatic carbocycles. The topological polar surface area (TPSA) is 20.3 Å². The number of hydrogen-bond acceptors (Lipinski definition) is 1. The summed E-state index contributed by atoms with van der Waals surface area (Å²) in [6.07, 6.45) is 8.69. The third kappa shape index (κ3) is 3.00. The summed E-state index contributed by atoms with van der Waals surface area (Å²) in [5.74, 6) is 0.249. The number of benzene rings is 1. The Morgan fingerprint density at radius 2 is 1.74 bits per heavy atom. The van der Waals surface area contributed by atoms with Crippen molar-refractivity contribution >= 4 is 20.5 Å². The fourth-order valence-electron chi connectivity index (χ4n) is 3.16. The minimum absolute atomic E-state index is 0.249. The predicted octanol–water partition coefficient (Wildman–Crippen LogP) is 3.12. The molecule has 2 nitrogen and oxygen atoms in total. The van der Waals surface area contributed by atoms with E-state index in [0.717, 1.165) is 10.9 Å². The first-order chi connectivity index (χ1) is 9.25. The van der Waals surface area contributed by atoms with Gasteiger partial charge in [0, 0.05) is 17.6 Å². The molecule has 0 bridgehead atoms. The Labute approximate surface area is 117 Å². The molecule has 102 valence electrons. The van der Waals surface area contributed by atoms with E-state index in [2.05, 4.69) is 14.1 Å². The SMILES string of the molecule is O=C(c1cccc(P)c1)N(C1CCCCC1)C1CC1. The van der Waals surface area contributed by atoms with Crippen molar-refractivity contribution in [3.8, 4) is 0 Å². The lowest BCUT2D eigenvalue weighted by Crippen LogP contribution is -2.43. The molecule has 2 aliphatic carbocycles. The highest BCUT2D eigenvalue weighted by Gasteiger charge is 2.37. The molecule has 2 aliphatic rings. The third-order valence-corrected chi connectivity index (χ3v) is 4.64. The van der Waals surface area contributed by atoms with Crippen molar-refractivity contribution in [1.29, 1.82) is 0 Å². The summed E-state index contributed by atoms with van der Waals surface area (Å²) in [6, 6.07) is 8.94. The van der Waals surface area contributed by atoms with Crippen LogP contribution in [0.2, 0.25) is 0 Å². The van der Waals surface area contributed by atoms with Gasteiger partial charge in [0.2, 0.25) is 0 Å². The van der Waals surface area contributed by atoms with Crippen molar-refractivity contribution in [2.75, 3.05) is 0 Å². The Morgan fingerprint density at radius 1 is 1.05 bits per heavy atom. The maximum Gasteiger partial charge on any atom is 0.254 e. The average Bonchev–Trinajstić information content (AvgIpc) is 3.25. The van der Waals surface area contributed by atoms with Gasteiger partial charge in [-0.15, -0.1) is 9.24 Å². The van der Waals surface area contributed by atoms with Gasteiger partial charge in [-0.05, 0) is 43.1 Å². The van der Waals surface area contributed by atoms with Crippen LogP contribution in [0.3, 0.4) is 0 Å². The molecule has 3 heteroatoms. The second-order valence-corrected chi connectivity index (χ2v) is 6.53. The summed E-state index contributed by atoms with van der Waals surface area (Å²) < 4.78 is 0. The van der Waals surface area contributed by atoms with Crippen molar-refractivity contribution in [2.45, 2.75) is 57.0 Å². The van der Waals surface area contributed by atoms with Gasteiger partial charge in [0.25, 0.3) is 5.91 Å². The van der Waals surface area contributed by atoms with Gasteiger partial charge < -0.3 is 4.90 Å². The van der Waals surface area contributed by atoms with E-state index in [1.54, 1.807) is 0 Å². The van der Waals surface area contributed by atoms with E-state index in [1.807, 2.05) is 24.3 Å². The third-order valence-electron chi connectivity index (χ3n) is 4.28. The van der Waals surface area contributed by atoms with Crippen molar-refractivity contribution in [3.05, 3.63) is 29.8 Å². The molecule has 1 amide bonds. The average molecular weight is 275 g/mol. The number of amides is 1. The molecule has 2 fully saturated rings. The second-order valence-electron chi connectivity index (χ2n) is 5.86. The first-order valence-corrected chi connectivity index (χ1v) is 8.01. The zero-order valence-corrected chi connectivity index (χ0v) is 12.5. The summed E-state index contributed by atoms with van der Waals surface area (Å²) in [4.78, 5) is 15.0. The zero-order valence-electron chi connectivity index (χ0n) is 11.3. The van der Waals surface area contributed by atoms with Crippen LogP contribution in [0.1, 0.15) is 55.3 Å². The number of hydrogen-bond donors (Lipinski definition) is 0. The largest absolute Gasteiger partial charge is 0.333 e. The lowest BCUT2D eigenvalue weighted by Gasteiger charge is -2.34. The summed E-state index contributed by atoms with van der Waals surface area (Å²) in [7, 11) is 2.68. The maximum absolute atomic E-state index is 12.8. The Morgan fingerprint density at radius 3 is 2.37 bits per heavy atom. The summed E-state index contributed by atoms with van der Waals surface area (Å²) in [6.45, 7) is 0. The molecule has 0 N–H and O–H groups in total. The van der Waals surface area contributed by atoms with Gasteiger partial charge >= 0.3 is 0 Å². The van der Waals surface area contributed by atoms with Gasteiger partial charge in [-0.3, -0.25) is 4.79 Å². The van der Waals surface area contributed by atoms with Gasteiger partial charge in [-0.25, -0.2) is 0 Å². The van der Waals surface area contributed by atoms with Crippen LogP contribution in [0.4, 0.5) is 0 Å². The van der Waals surface area contributed by atoms with Crippen LogP contribution in [-0.2, 0) is 0 Å². The summed E-state index contributed by atoms with van der Waals surface area (Å²) in [5, 5.41) is 1.09. The van der Waals surface area contributed by atoms with E-state index in [1.165, 1.54) is 44.9 Å². The van der Waals surface area contributed by atoms with Crippen LogP contribution in [0.15, 0.2) is 24.3 Å². The predicted molar refractivity (Wildman–Crippen MR) is 81.9 cm³/mol. The van der Waals surface area contributed by atoms with Crippen LogP contribution in [0, 0.1) is 0 Å². The van der Waals surface area contributed by atoms with Crippen LogP contribution in [-0.4, -0.2) is 22.9 Å². The van der Waals surface area contributed by atoms with E-state index in [9.17, 15) is 4.79 Å². The molecule has 1 unspecified atom stereocenters. The van der Waals surface area contributed by atoms with E-state index in [0.29, 0.717) is 12.1 Å². The Bertz CT molecular complexity index is 464. The second kappa shape index (κ2) is 5.63. The Balaban J connectivity index is 1.81. The normalized spacial score (nSPS) is 20.3. The van der Waals surface area contributed by atoms with E-state index in [4.69, 9.17) is 0 Å². The van der Waals surface area contributed by atoms with Gasteiger partial charge in [0.15, 0.2) is 0 Å². The molecular formula is C16H22NOP. The molecule has 0 saturated heterocycles. The highest BCUT2D eigenvalue weighted by molar-refractivity contribution is 7.27. The van der Waals surface area contributed by atoms with Crippen molar-refractivity contribution < 1.29 is 4.79 Å². The molecule has 3 rings (SSSR count). The van der Waals surface area contributed by atoms with Gasteiger partial charge in [-0.1, -0.05) is 31.4 Å². The maximum atomic E-state index is 12.8. The molecule has 0 radical (unpaired) electrons. The number of nitrogens with zero attached hydrogens (tertiary/aromatic N) is 1. The fraction of sp³-hybridized carbons (Fsp3) is 0.562. The lowest BCUT2D eigenvalue weighted by atomic mass is 9.93. The Hall–Kier alpha value is -0.880. The number of carbonyl (C=O) groups is 1. The molecule has 0 aliphatic heterocycles. The first-order valence-electron chi connectivity index (χ1n) is 7.44. The summed E-state index contributed by atoms with van der Waals surface area (Å²) in [5.41, 5.74) is 0.852. The summed E-state index contributed by atoms with van der Waals surface area (Å²) >= 11 is 0. The van der Waals surface area contributed by atoms with Crippen molar-refractivity contribution in [2.24, 2.45) is 0 Å². The molecule has 1 atom stereocenters. The molecule has 0 heterocycles. The van der Waals surface area contributed by atoms with Gasteiger partial charge in [0.05, 0.1) is 0 Å². The van der Waals surface area contributed by atoms with Crippen LogP contribution in [0.5, 0.6) is 0 Å². The highest BCUT2D eigenvalue weighted by Crippen LogP contribution is 2.34. The van der Waals surface area contributed by atoms with E-state index in [-0.39, 0.29) is 5.91 Å². The number of rotatable bonds is 3. The van der Waals surface area contributed by atoms with E-state index >= 15 is 0 Å². The van der Waals surface area contributed by atoms with Gasteiger partial charge in [-0.2, -0.15) is 0 Å². The monoisotopic (exact) mass is 275 g/mol. The lowest BCUT2D eigenvalue weighted by molar-refractivity contribution is 0.0614. The minimum Gasteiger partial charge on any atom is -0.333 e. The van der Waals surface area contributed by atoms with Crippen LogP contribution in [0.25, 0.3) is 0 Å². The quantitative estimate of drug-likeness (QED) is 0.776. The molecule has 19 heavy (non-hydrogen) atoms. The minimum atomic E-state index is 0.249. The zero-order chi connectivity index (χ0) is 13.2.